The van der Waals surface area contributed by atoms with Gasteiger partial charge in [-0.2, -0.15) is 0 Å². The van der Waals surface area contributed by atoms with Crippen LogP contribution < -0.4 is 9.46 Å². The molecule has 5 nitrogen and oxygen atoms in total. The minimum atomic E-state index is -3.74. The van der Waals surface area contributed by atoms with Crippen molar-refractivity contribution in [1.29, 1.82) is 0 Å². The summed E-state index contributed by atoms with van der Waals surface area (Å²) in [6, 6.07) is 12.5. The molecule has 3 rings (SSSR count). The van der Waals surface area contributed by atoms with Crippen LogP contribution >= 0.6 is 11.6 Å². The second-order valence-corrected chi connectivity index (χ2v) is 7.72. The van der Waals surface area contributed by atoms with Gasteiger partial charge in [-0.25, -0.2) is 13.1 Å². The zero-order valence-electron chi connectivity index (χ0n) is 13.2. The van der Waals surface area contributed by atoms with Crippen molar-refractivity contribution in [1.82, 2.24) is 4.72 Å². The third-order valence-electron chi connectivity index (χ3n) is 3.96. The fraction of sp³-hybridized carbons (Fsp3) is 0.294. The summed E-state index contributed by atoms with van der Waals surface area (Å²) in [5.74, 6) is 0.252. The number of fused-ring (bicyclic) bond motifs is 1. The summed E-state index contributed by atoms with van der Waals surface area (Å²) in [7, 11) is -2.32. The number of hydrogen-bond acceptors (Lipinski definition) is 4. The van der Waals surface area contributed by atoms with Crippen LogP contribution in [0.25, 0.3) is 0 Å². The van der Waals surface area contributed by atoms with Crippen LogP contribution in [0.5, 0.6) is 5.75 Å². The monoisotopic (exact) mass is 367 g/mol. The number of halogens is 1. The summed E-state index contributed by atoms with van der Waals surface area (Å²) in [5.41, 5.74) is 2.33. The summed E-state index contributed by atoms with van der Waals surface area (Å²) < 4.78 is 38.5. The summed E-state index contributed by atoms with van der Waals surface area (Å²) in [5, 5.41) is 0.332. The predicted octanol–water partition coefficient (Wildman–Crippen LogP) is 2.77. The van der Waals surface area contributed by atoms with E-state index >= 15 is 0 Å². The van der Waals surface area contributed by atoms with Crippen LogP contribution in [-0.2, 0) is 27.8 Å². The molecule has 0 saturated carbocycles. The average molecular weight is 368 g/mol. The summed E-state index contributed by atoms with van der Waals surface area (Å²) in [4.78, 5) is 0.0220. The summed E-state index contributed by atoms with van der Waals surface area (Å²) >= 11 is 5.91. The first-order valence-electron chi connectivity index (χ1n) is 7.51. The lowest BCUT2D eigenvalue weighted by Gasteiger charge is -2.25. The first-order valence-corrected chi connectivity index (χ1v) is 9.37. The molecule has 24 heavy (non-hydrogen) atoms. The number of hydrogen-bond donors (Lipinski definition) is 1. The maximum absolute atomic E-state index is 12.5. The Labute approximate surface area is 146 Å². The van der Waals surface area contributed by atoms with Crippen molar-refractivity contribution in [2.45, 2.75) is 24.0 Å². The first-order chi connectivity index (χ1) is 11.5. The molecule has 2 aromatic rings. The molecule has 1 unspecified atom stereocenters. The maximum atomic E-state index is 12.5. The highest BCUT2D eigenvalue weighted by Gasteiger charge is 2.24. The minimum absolute atomic E-state index is 0.0220. The molecular weight excluding hydrogens is 350 g/mol. The number of rotatable bonds is 5. The topological polar surface area (TPSA) is 64.6 Å². The molecular formula is C17H18ClNO4S. The van der Waals surface area contributed by atoms with E-state index in [1.807, 2.05) is 24.3 Å². The number of methoxy groups -OCH3 is 1. The normalized spacial score (nSPS) is 17.3. The van der Waals surface area contributed by atoms with Crippen LogP contribution in [0.3, 0.4) is 0 Å². The van der Waals surface area contributed by atoms with Gasteiger partial charge in [0.2, 0.25) is 10.0 Å². The van der Waals surface area contributed by atoms with Gasteiger partial charge in [0.05, 0.1) is 19.8 Å². The van der Waals surface area contributed by atoms with Gasteiger partial charge in [0.15, 0.2) is 0 Å². The lowest BCUT2D eigenvalue weighted by atomic mass is 9.99. The Morgan fingerprint density at radius 2 is 2.00 bits per heavy atom. The third-order valence-corrected chi connectivity index (χ3v) is 5.64. The first kappa shape index (κ1) is 17.2. The lowest BCUT2D eigenvalue weighted by Crippen LogP contribution is -2.36. The van der Waals surface area contributed by atoms with Gasteiger partial charge in [0, 0.05) is 18.0 Å². The average Bonchev–Trinajstić information content (AvgIpc) is 2.60. The highest BCUT2D eigenvalue weighted by molar-refractivity contribution is 7.89. The fourth-order valence-electron chi connectivity index (χ4n) is 2.68. The Kier molecular flexibility index (Phi) is 5.10. The maximum Gasteiger partial charge on any atom is 0.244 e. The molecule has 1 aliphatic heterocycles. The van der Waals surface area contributed by atoms with Crippen LogP contribution in [0.15, 0.2) is 47.4 Å². The van der Waals surface area contributed by atoms with E-state index in [0.717, 1.165) is 5.56 Å². The molecule has 0 fully saturated rings. The van der Waals surface area contributed by atoms with E-state index in [2.05, 4.69) is 4.72 Å². The Hall–Kier alpha value is -1.60. The van der Waals surface area contributed by atoms with Crippen molar-refractivity contribution in [2.24, 2.45) is 0 Å². The van der Waals surface area contributed by atoms with Crippen LogP contribution in [0, 0.1) is 0 Å². The van der Waals surface area contributed by atoms with E-state index in [4.69, 9.17) is 21.1 Å². The largest absolute Gasteiger partial charge is 0.495 e. The minimum Gasteiger partial charge on any atom is -0.495 e. The van der Waals surface area contributed by atoms with Gasteiger partial charge in [-0.15, -0.1) is 0 Å². The van der Waals surface area contributed by atoms with E-state index in [9.17, 15) is 8.42 Å². The van der Waals surface area contributed by atoms with Gasteiger partial charge in [-0.3, -0.25) is 0 Å². The summed E-state index contributed by atoms with van der Waals surface area (Å²) in [6.45, 7) is 0.676. The van der Waals surface area contributed by atoms with Gasteiger partial charge in [-0.1, -0.05) is 35.9 Å². The molecule has 1 atom stereocenters. The van der Waals surface area contributed by atoms with Crippen molar-refractivity contribution in [3.63, 3.8) is 0 Å². The zero-order chi connectivity index (χ0) is 17.2. The highest BCUT2D eigenvalue weighted by Crippen LogP contribution is 2.27. The SMILES string of the molecule is COc1ccc(Cl)cc1S(=O)(=O)NCC1Cc2ccccc2CO1. The van der Waals surface area contributed by atoms with E-state index < -0.39 is 10.0 Å². The molecule has 128 valence electrons. The molecule has 0 bridgehead atoms. The van der Waals surface area contributed by atoms with Gasteiger partial charge in [0.25, 0.3) is 0 Å². The van der Waals surface area contributed by atoms with Gasteiger partial charge in [0.1, 0.15) is 10.6 Å². The van der Waals surface area contributed by atoms with E-state index in [1.54, 1.807) is 6.07 Å². The number of sulfonamides is 1. The number of ether oxygens (including phenoxy) is 2. The molecule has 0 saturated heterocycles. The molecule has 7 heteroatoms. The standard InChI is InChI=1S/C17H18ClNO4S/c1-22-16-7-6-14(18)9-17(16)24(20,21)19-10-15-8-12-4-2-3-5-13(12)11-23-15/h2-7,9,15,19H,8,10-11H2,1H3. The quantitative estimate of drug-likeness (QED) is 0.882. The Balaban J connectivity index is 1.72. The molecule has 0 amide bonds. The molecule has 0 radical (unpaired) electrons. The molecule has 0 aliphatic carbocycles. The molecule has 1 heterocycles. The van der Waals surface area contributed by atoms with Crippen LogP contribution in [0.4, 0.5) is 0 Å². The van der Waals surface area contributed by atoms with Crippen LogP contribution in [0.2, 0.25) is 5.02 Å². The smallest absolute Gasteiger partial charge is 0.244 e. The Morgan fingerprint density at radius 3 is 2.75 bits per heavy atom. The van der Waals surface area contributed by atoms with Crippen molar-refractivity contribution in [3.8, 4) is 5.75 Å². The van der Waals surface area contributed by atoms with Crippen molar-refractivity contribution in [2.75, 3.05) is 13.7 Å². The van der Waals surface area contributed by atoms with Crippen LogP contribution in [-0.4, -0.2) is 28.2 Å². The summed E-state index contributed by atoms with van der Waals surface area (Å²) in [6.07, 6.45) is 0.464. The number of benzene rings is 2. The van der Waals surface area contributed by atoms with Crippen molar-refractivity contribution < 1.29 is 17.9 Å². The highest BCUT2D eigenvalue weighted by atomic mass is 35.5. The second-order valence-electron chi connectivity index (χ2n) is 5.55. The molecule has 1 N–H and O–H groups in total. The fourth-order valence-corrected chi connectivity index (χ4v) is 4.18. The van der Waals surface area contributed by atoms with E-state index in [1.165, 1.54) is 24.8 Å². The third kappa shape index (κ3) is 3.72. The van der Waals surface area contributed by atoms with Crippen molar-refractivity contribution >= 4 is 21.6 Å². The predicted molar refractivity (Wildman–Crippen MR) is 91.9 cm³/mol. The number of nitrogens with one attached hydrogen (secondary N) is 1. The van der Waals surface area contributed by atoms with E-state index in [-0.39, 0.29) is 23.3 Å². The van der Waals surface area contributed by atoms with Crippen molar-refractivity contribution in [3.05, 3.63) is 58.6 Å². The molecule has 0 aromatic heterocycles. The van der Waals surface area contributed by atoms with Gasteiger partial charge in [-0.05, 0) is 29.3 Å². The van der Waals surface area contributed by atoms with Gasteiger partial charge >= 0.3 is 0 Å². The molecule has 2 aromatic carbocycles. The zero-order valence-corrected chi connectivity index (χ0v) is 14.7. The second kappa shape index (κ2) is 7.11. The van der Waals surface area contributed by atoms with Gasteiger partial charge < -0.3 is 9.47 Å². The molecule has 0 spiro atoms. The Morgan fingerprint density at radius 1 is 1.25 bits per heavy atom. The van der Waals surface area contributed by atoms with Crippen LogP contribution in [0.1, 0.15) is 11.1 Å². The van der Waals surface area contributed by atoms with E-state index in [0.29, 0.717) is 18.1 Å². The Bertz CT molecular complexity index is 838. The lowest BCUT2D eigenvalue weighted by molar-refractivity contribution is 0.0322. The molecule has 1 aliphatic rings.